The third-order valence-electron chi connectivity index (χ3n) is 13.5. The van der Waals surface area contributed by atoms with Crippen LogP contribution in [0.25, 0.3) is 6.08 Å². The Morgan fingerprint density at radius 1 is 0.845 bits per heavy atom. The van der Waals surface area contributed by atoms with E-state index < -0.39 is 54.5 Å². The molecule has 11 heteroatoms. The first-order chi connectivity index (χ1) is 26.0. The van der Waals surface area contributed by atoms with Crippen LogP contribution in [0.2, 0.25) is 54.4 Å². The van der Waals surface area contributed by atoms with Gasteiger partial charge >= 0.3 is 5.97 Å². The molecule has 334 valence electrons. The van der Waals surface area contributed by atoms with Gasteiger partial charge in [0.2, 0.25) is 0 Å². The highest BCUT2D eigenvalue weighted by Crippen LogP contribution is 2.44. The summed E-state index contributed by atoms with van der Waals surface area (Å²) in [6, 6.07) is 0. The van der Waals surface area contributed by atoms with E-state index in [4.69, 9.17) is 23.0 Å². The molecule has 7 nitrogen and oxygen atoms in total. The van der Waals surface area contributed by atoms with Gasteiger partial charge < -0.3 is 18.0 Å². The monoisotopic (exact) mass is 878 g/mol. The maximum atomic E-state index is 15.0. The third kappa shape index (κ3) is 15.8. The standard InChI is InChI=1S/C47H87NO6SSi3/c1-24-26-38(35(5)29-37-32-55-40(48-37)31-51-56(18,19)44(7,8)9)52-41(49)30-39(53-57(20,21)45(10,11)12)47(16,17)43(50)36(6)42(34(4)28-25-27-33(2)3)54-58(22,23)46(13,14)15/h24,29,32,34,36,38-39,42H,1-2,25-28,30-31H2,3-23H3/b35-29+/t34-,36+,38-,39-,42-/m0/s1. The number of esters is 1. The molecule has 5 atom stereocenters. The fourth-order valence-corrected chi connectivity index (χ4v) is 10.7. The highest BCUT2D eigenvalue weighted by atomic mass is 32.1. The summed E-state index contributed by atoms with van der Waals surface area (Å²) < 4.78 is 26.9. The zero-order chi connectivity index (χ0) is 45.5. The second kappa shape index (κ2) is 21.1. The van der Waals surface area contributed by atoms with E-state index in [9.17, 15) is 4.79 Å². The third-order valence-corrected chi connectivity index (χ3v) is 27.8. The van der Waals surface area contributed by atoms with Gasteiger partial charge in [-0.1, -0.05) is 102 Å². The van der Waals surface area contributed by atoms with Gasteiger partial charge in [0.15, 0.2) is 25.0 Å². The van der Waals surface area contributed by atoms with Crippen LogP contribution in [0.3, 0.4) is 0 Å². The molecule has 0 aliphatic carbocycles. The van der Waals surface area contributed by atoms with Crippen molar-refractivity contribution in [2.45, 2.75) is 215 Å². The number of rotatable bonds is 23. The van der Waals surface area contributed by atoms with Crippen molar-refractivity contribution in [2.24, 2.45) is 17.3 Å². The Morgan fingerprint density at radius 2 is 1.36 bits per heavy atom. The summed E-state index contributed by atoms with van der Waals surface area (Å²) >= 11 is 1.58. The van der Waals surface area contributed by atoms with Crippen LogP contribution >= 0.6 is 11.3 Å². The van der Waals surface area contributed by atoms with Crippen LogP contribution in [-0.4, -0.2) is 60.0 Å². The molecule has 0 aromatic carbocycles. The van der Waals surface area contributed by atoms with E-state index in [2.05, 4.69) is 129 Å². The number of Topliss-reactive ketones (excluding diaryl/α,β-unsaturated/α-hetero) is 1. The van der Waals surface area contributed by atoms with E-state index in [1.54, 1.807) is 17.4 Å². The van der Waals surface area contributed by atoms with Crippen LogP contribution in [0.1, 0.15) is 147 Å². The van der Waals surface area contributed by atoms with Crippen molar-refractivity contribution in [3.8, 4) is 0 Å². The molecule has 0 saturated heterocycles. The molecule has 0 N–H and O–H groups in total. The van der Waals surface area contributed by atoms with E-state index in [-0.39, 0.29) is 39.3 Å². The van der Waals surface area contributed by atoms with Gasteiger partial charge in [0.05, 0.1) is 30.9 Å². The summed E-state index contributed by atoms with van der Waals surface area (Å²) in [7, 11) is -6.62. The number of aromatic nitrogens is 1. The van der Waals surface area contributed by atoms with E-state index in [1.165, 1.54) is 0 Å². The van der Waals surface area contributed by atoms with Crippen LogP contribution in [0.4, 0.5) is 0 Å². The lowest BCUT2D eigenvalue weighted by atomic mass is 9.73. The predicted molar refractivity (Wildman–Crippen MR) is 257 cm³/mol. The molecule has 0 aliphatic rings. The Hall–Kier alpha value is -1.48. The van der Waals surface area contributed by atoms with Gasteiger partial charge in [0.25, 0.3) is 0 Å². The zero-order valence-electron chi connectivity index (χ0n) is 41.1. The molecule has 1 rings (SSSR count). The number of carbonyl (C=O) groups is 2. The van der Waals surface area contributed by atoms with Crippen LogP contribution in [0.5, 0.6) is 0 Å². The first-order valence-corrected chi connectivity index (χ1v) is 31.2. The SMILES string of the molecule is C=CC[C@H](OC(=O)C[C@H](O[Si](C)(C)C(C)(C)C)C(C)(C)C(=O)[C@H](C)[C@@H](O[Si](C)(C)C(C)(C)C)[C@@H](C)CCCC(=C)C)/C(C)=C/c1csc(CO[Si](C)(C)C(C)(C)C)n1. The smallest absolute Gasteiger partial charge is 0.309 e. The Kier molecular flexibility index (Phi) is 19.8. The molecule has 1 aromatic heterocycles. The van der Waals surface area contributed by atoms with Crippen molar-refractivity contribution >= 4 is 54.1 Å². The van der Waals surface area contributed by atoms with E-state index >= 15 is 4.79 Å². The highest BCUT2D eigenvalue weighted by Gasteiger charge is 2.50. The van der Waals surface area contributed by atoms with Crippen molar-refractivity contribution in [1.82, 2.24) is 4.98 Å². The number of carbonyl (C=O) groups excluding carboxylic acids is 2. The number of ketones is 1. The molecule has 1 aromatic rings. The van der Waals surface area contributed by atoms with Crippen LogP contribution < -0.4 is 0 Å². The molecule has 0 fully saturated rings. The Labute approximate surface area is 364 Å². The molecule has 0 spiro atoms. The molecule has 0 aliphatic heterocycles. The fourth-order valence-electron chi connectivity index (χ4n) is 6.07. The number of ether oxygens (including phenoxy) is 1. The van der Waals surface area contributed by atoms with Gasteiger partial charge in [-0.25, -0.2) is 4.98 Å². The number of hydrogen-bond acceptors (Lipinski definition) is 8. The summed E-state index contributed by atoms with van der Waals surface area (Å²) in [6.07, 6.45) is 5.53. The van der Waals surface area contributed by atoms with E-state index in [1.807, 2.05) is 39.2 Å². The summed E-state index contributed by atoms with van der Waals surface area (Å²) in [6.45, 7) is 54.1. The molecular weight excluding hydrogens is 791 g/mol. The zero-order valence-corrected chi connectivity index (χ0v) is 44.9. The molecule has 0 amide bonds. The average Bonchev–Trinajstić information content (AvgIpc) is 3.50. The van der Waals surface area contributed by atoms with Gasteiger partial charge in [-0.15, -0.1) is 24.5 Å². The molecule has 0 bridgehead atoms. The van der Waals surface area contributed by atoms with Crippen molar-refractivity contribution in [3.63, 3.8) is 0 Å². The first kappa shape index (κ1) is 54.5. The number of hydrogen-bond donors (Lipinski definition) is 0. The van der Waals surface area contributed by atoms with Crippen molar-refractivity contribution in [2.75, 3.05) is 0 Å². The summed E-state index contributed by atoms with van der Waals surface area (Å²) in [5, 5.41) is 2.90. The minimum absolute atomic E-state index is 0.0197. The Bertz CT molecular complexity index is 1560. The topological polar surface area (TPSA) is 84.0 Å². The summed E-state index contributed by atoms with van der Waals surface area (Å²) in [4.78, 5) is 34.0. The number of allylic oxidation sites excluding steroid dienone is 1. The van der Waals surface area contributed by atoms with Crippen LogP contribution in [0.15, 0.2) is 35.8 Å². The Morgan fingerprint density at radius 3 is 1.84 bits per heavy atom. The maximum absolute atomic E-state index is 15.0. The highest BCUT2D eigenvalue weighted by molar-refractivity contribution is 7.09. The van der Waals surface area contributed by atoms with Gasteiger partial charge in [0, 0.05) is 23.1 Å². The predicted octanol–water partition coefficient (Wildman–Crippen LogP) is 14.3. The van der Waals surface area contributed by atoms with Crippen molar-refractivity contribution in [1.29, 1.82) is 0 Å². The average molecular weight is 879 g/mol. The first-order valence-electron chi connectivity index (χ1n) is 21.6. The number of nitrogens with zero attached hydrogens (tertiary/aromatic N) is 1. The lowest BCUT2D eigenvalue weighted by Crippen LogP contribution is -2.54. The Balaban J connectivity index is 3.52. The van der Waals surface area contributed by atoms with Gasteiger partial charge in [-0.05, 0) is 105 Å². The molecular formula is C47H87NO6SSi3. The minimum atomic E-state index is -2.46. The minimum Gasteiger partial charge on any atom is -0.457 e. The summed E-state index contributed by atoms with van der Waals surface area (Å²) in [5.41, 5.74) is 1.83. The molecule has 0 radical (unpaired) electrons. The van der Waals surface area contributed by atoms with Gasteiger partial charge in [0.1, 0.15) is 16.9 Å². The molecule has 0 unspecified atom stereocenters. The van der Waals surface area contributed by atoms with Gasteiger partial charge in [-0.2, -0.15) is 0 Å². The second-order valence-corrected chi connectivity index (χ2v) is 37.5. The van der Waals surface area contributed by atoms with Crippen LogP contribution in [-0.2, 0) is 34.2 Å². The maximum Gasteiger partial charge on any atom is 0.309 e. The molecule has 0 saturated carbocycles. The number of thiazole rings is 1. The lowest BCUT2D eigenvalue weighted by molar-refractivity contribution is -0.153. The van der Waals surface area contributed by atoms with E-state index in [0.29, 0.717) is 13.0 Å². The largest absolute Gasteiger partial charge is 0.457 e. The molecule has 1 heterocycles. The quantitative estimate of drug-likeness (QED) is 0.0615. The summed E-state index contributed by atoms with van der Waals surface area (Å²) in [5.74, 6) is -0.615. The van der Waals surface area contributed by atoms with E-state index in [0.717, 1.165) is 41.1 Å². The second-order valence-electron chi connectivity index (χ2n) is 22.2. The lowest BCUT2D eigenvalue weighted by Gasteiger charge is -2.46. The van der Waals surface area contributed by atoms with Gasteiger partial charge in [-0.3, -0.25) is 9.59 Å². The van der Waals surface area contributed by atoms with Crippen LogP contribution in [0, 0.1) is 17.3 Å². The van der Waals surface area contributed by atoms with Crippen molar-refractivity contribution < 1.29 is 27.6 Å². The normalized spacial score (nSPS) is 16.7. The molecule has 58 heavy (non-hydrogen) atoms. The van der Waals surface area contributed by atoms with Crippen molar-refractivity contribution in [3.05, 3.63) is 46.5 Å². The fraction of sp³-hybridized carbons (Fsp3) is 0.766.